The Morgan fingerprint density at radius 3 is 2.53 bits per heavy atom. The molecule has 1 aromatic heterocycles. The summed E-state index contributed by atoms with van der Waals surface area (Å²) in [6, 6.07) is 11.4. The summed E-state index contributed by atoms with van der Waals surface area (Å²) in [6.07, 6.45) is 11.4. The van der Waals surface area contributed by atoms with Crippen molar-refractivity contribution in [3.63, 3.8) is 0 Å². The lowest BCUT2D eigenvalue weighted by atomic mass is 9.47. The number of benzene rings is 1. The highest BCUT2D eigenvalue weighted by atomic mass is 32.2. The first kappa shape index (κ1) is 32.3. The molecule has 234 valence electrons. The van der Waals surface area contributed by atoms with E-state index >= 15 is 0 Å². The molecule has 43 heavy (non-hydrogen) atoms. The minimum Gasteiger partial charge on any atom is -0.417 e. The van der Waals surface area contributed by atoms with E-state index in [1.807, 2.05) is 0 Å². The molecule has 0 spiro atoms. The average Bonchev–Trinajstić information content (AvgIpc) is 2.96. The van der Waals surface area contributed by atoms with Crippen molar-refractivity contribution in [1.29, 1.82) is 5.26 Å². The fourth-order valence-electron chi connectivity index (χ4n) is 8.09. The van der Waals surface area contributed by atoms with Crippen LogP contribution in [-0.4, -0.2) is 62.2 Å². The number of hydrogen-bond acceptors (Lipinski definition) is 8. The van der Waals surface area contributed by atoms with Crippen molar-refractivity contribution in [2.45, 2.75) is 94.9 Å². The van der Waals surface area contributed by atoms with Crippen molar-refractivity contribution in [1.82, 2.24) is 14.9 Å². The van der Waals surface area contributed by atoms with Gasteiger partial charge in [0.25, 0.3) is 0 Å². The maximum absolute atomic E-state index is 9.81. The van der Waals surface area contributed by atoms with E-state index in [4.69, 9.17) is 9.41 Å². The van der Waals surface area contributed by atoms with E-state index in [2.05, 4.69) is 98.0 Å². The van der Waals surface area contributed by atoms with Crippen LogP contribution in [0.5, 0.6) is 0 Å². The number of nitrogens with zero attached hydrogens (tertiary/aromatic N) is 4. The molecule has 5 atom stereocenters. The Morgan fingerprint density at radius 2 is 1.86 bits per heavy atom. The third kappa shape index (κ3) is 7.24. The quantitative estimate of drug-likeness (QED) is 0.134. The molecule has 0 aliphatic heterocycles. The van der Waals surface area contributed by atoms with E-state index < -0.39 is 8.32 Å². The van der Waals surface area contributed by atoms with Crippen LogP contribution in [-0.2, 0) is 11.0 Å². The number of anilines is 2. The average molecular weight is 621 g/mol. The maximum Gasteiger partial charge on any atom is 0.224 e. The topological polar surface area (TPSA) is 86.1 Å². The fraction of sp³-hybridized carbons (Fsp3) is 0.676. The van der Waals surface area contributed by atoms with Gasteiger partial charge in [0.05, 0.1) is 6.20 Å². The Balaban J connectivity index is 1.18. The molecule has 6 rings (SSSR count). The van der Waals surface area contributed by atoms with Gasteiger partial charge in [-0.1, -0.05) is 39.0 Å². The van der Waals surface area contributed by atoms with E-state index in [0.717, 1.165) is 43.9 Å². The number of nitriles is 1. The van der Waals surface area contributed by atoms with E-state index in [1.165, 1.54) is 42.6 Å². The number of aromatic nitrogens is 2. The lowest BCUT2D eigenvalue weighted by Crippen LogP contribution is -2.60. The molecule has 0 saturated heterocycles. The first-order valence-electron chi connectivity index (χ1n) is 16.1. The lowest BCUT2D eigenvalue weighted by molar-refractivity contribution is -0.102. The van der Waals surface area contributed by atoms with Crippen LogP contribution in [0.3, 0.4) is 0 Å². The summed E-state index contributed by atoms with van der Waals surface area (Å²) in [5, 5.41) is 17.1. The van der Waals surface area contributed by atoms with Crippen molar-refractivity contribution in [3.05, 3.63) is 41.6 Å². The predicted octanol–water partition coefficient (Wildman–Crippen LogP) is 7.63. The normalized spacial score (nSPS) is 26.5. The molecular weight excluding hydrogens is 569 g/mol. The first-order valence-corrected chi connectivity index (χ1v) is 20.3. The van der Waals surface area contributed by atoms with Gasteiger partial charge < -0.3 is 20.0 Å². The number of hydrogen-bond donors (Lipinski definition) is 2. The molecule has 2 N–H and O–H groups in total. The molecule has 7 nitrogen and oxygen atoms in total. The molecule has 0 amide bonds. The lowest BCUT2D eigenvalue weighted by Gasteiger charge is -2.62. The van der Waals surface area contributed by atoms with Gasteiger partial charge in [-0.15, -0.1) is 11.8 Å². The Morgan fingerprint density at radius 1 is 1.14 bits per heavy atom. The fourth-order valence-corrected chi connectivity index (χ4v) is 9.79. The van der Waals surface area contributed by atoms with Crippen LogP contribution in [0.15, 0.2) is 35.4 Å². The van der Waals surface area contributed by atoms with Gasteiger partial charge in [0.2, 0.25) is 5.95 Å². The maximum atomic E-state index is 9.81. The Hall–Kier alpha value is -2.12. The van der Waals surface area contributed by atoms with Gasteiger partial charge in [-0.3, -0.25) is 0 Å². The molecular formula is C34H52N6OSSi. The van der Waals surface area contributed by atoms with E-state index in [9.17, 15) is 5.26 Å². The predicted molar refractivity (Wildman–Crippen MR) is 181 cm³/mol. The molecule has 9 heteroatoms. The van der Waals surface area contributed by atoms with Gasteiger partial charge in [-0.2, -0.15) is 10.2 Å². The van der Waals surface area contributed by atoms with Crippen molar-refractivity contribution in [3.8, 4) is 6.07 Å². The highest BCUT2D eigenvalue weighted by Gasteiger charge is 2.56. The first-order chi connectivity index (χ1) is 20.4. The van der Waals surface area contributed by atoms with E-state index in [1.54, 1.807) is 18.0 Å². The Kier molecular flexibility index (Phi) is 9.82. The summed E-state index contributed by atoms with van der Waals surface area (Å²) in [5.74, 6) is 3.56. The van der Waals surface area contributed by atoms with Crippen LogP contribution in [0.25, 0.3) is 0 Å². The van der Waals surface area contributed by atoms with Crippen LogP contribution >= 0.6 is 11.8 Å². The summed E-state index contributed by atoms with van der Waals surface area (Å²) < 4.78 is 6.48. The van der Waals surface area contributed by atoms with Crippen LogP contribution in [0.2, 0.25) is 18.1 Å². The molecule has 1 aromatic carbocycles. The van der Waals surface area contributed by atoms with Crippen molar-refractivity contribution in [2.24, 2.45) is 23.2 Å². The molecule has 4 fully saturated rings. The zero-order chi connectivity index (χ0) is 30.8. The third-order valence-electron chi connectivity index (χ3n) is 11.0. The van der Waals surface area contributed by atoms with Gasteiger partial charge >= 0.3 is 0 Å². The molecule has 1 unspecified atom stereocenters. The summed E-state index contributed by atoms with van der Waals surface area (Å²) >= 11 is 1.74. The van der Waals surface area contributed by atoms with Crippen molar-refractivity contribution >= 4 is 31.8 Å². The smallest absolute Gasteiger partial charge is 0.224 e. The zero-order valence-electron chi connectivity index (χ0n) is 27.4. The van der Waals surface area contributed by atoms with Crippen LogP contribution < -0.4 is 10.6 Å². The molecule has 4 bridgehead atoms. The summed E-state index contributed by atoms with van der Waals surface area (Å²) in [5.41, 5.74) is 2.02. The Bertz CT molecular complexity index is 1290. The van der Waals surface area contributed by atoms with Crippen molar-refractivity contribution in [2.75, 3.05) is 43.6 Å². The Labute approximate surface area is 265 Å². The van der Waals surface area contributed by atoms with E-state index in [-0.39, 0.29) is 5.04 Å². The number of nitrogens with one attached hydrogen (secondary N) is 2. The van der Waals surface area contributed by atoms with Gasteiger partial charge in [-0.25, -0.2) is 4.98 Å². The zero-order valence-corrected chi connectivity index (χ0v) is 29.2. The SMILES string of the molecule is CSc1ccccc1CNc1ncc(C#N)c(NC[C@]23CC4C[C@H](C2)[C@@H](N(C)CCCO[Si](C)(C)C(C)(C)C)[C@@H](C4)C3)n1. The summed E-state index contributed by atoms with van der Waals surface area (Å²) in [4.78, 5) is 13.1. The monoisotopic (exact) mass is 620 g/mol. The highest BCUT2D eigenvalue weighted by molar-refractivity contribution is 7.98. The van der Waals surface area contributed by atoms with Crippen LogP contribution in [0.4, 0.5) is 11.8 Å². The minimum atomic E-state index is -1.68. The molecule has 4 aliphatic rings. The summed E-state index contributed by atoms with van der Waals surface area (Å²) in [7, 11) is 0.673. The van der Waals surface area contributed by atoms with Gasteiger partial charge in [0.1, 0.15) is 17.5 Å². The molecule has 1 heterocycles. The largest absolute Gasteiger partial charge is 0.417 e. The summed E-state index contributed by atoms with van der Waals surface area (Å²) in [6.45, 7) is 15.2. The molecule has 4 aliphatic carbocycles. The third-order valence-corrected chi connectivity index (χ3v) is 16.3. The molecule has 2 aromatic rings. The van der Waals surface area contributed by atoms with Gasteiger partial charge in [0.15, 0.2) is 8.32 Å². The number of rotatable bonds is 13. The van der Waals surface area contributed by atoms with E-state index in [0.29, 0.717) is 35.3 Å². The minimum absolute atomic E-state index is 0.265. The second-order valence-corrected chi connectivity index (χ2v) is 20.6. The molecule has 0 radical (unpaired) electrons. The van der Waals surface area contributed by atoms with Gasteiger partial charge in [0, 0.05) is 37.2 Å². The van der Waals surface area contributed by atoms with Crippen LogP contribution in [0, 0.1) is 34.5 Å². The molecule has 4 saturated carbocycles. The second kappa shape index (κ2) is 13.1. The highest BCUT2D eigenvalue weighted by Crippen LogP contribution is 2.61. The van der Waals surface area contributed by atoms with Gasteiger partial charge in [-0.05, 0) is 105 Å². The van der Waals surface area contributed by atoms with Crippen LogP contribution in [0.1, 0.15) is 70.4 Å². The second-order valence-electron chi connectivity index (χ2n) is 15.0. The van der Waals surface area contributed by atoms with Crippen molar-refractivity contribution < 1.29 is 4.43 Å². The standard InChI is InChI=1S/C34H52N6OSSi/c1-33(2,3)43(6,7)41-14-10-13-40(4)30-26-15-24-16-27(30)19-34(17-24,18-26)23-38-31-28(20-35)22-37-32(39-31)36-21-25-11-8-9-12-29(25)42-5/h8-9,11-12,22,24,26-27,30H,10,13-19,21,23H2,1-7H3,(H2,36,37,38,39)/t24?,26-,27+,30-,34-. The number of thioether (sulfide) groups is 1.